The van der Waals surface area contributed by atoms with E-state index >= 15 is 0 Å². The highest BCUT2D eigenvalue weighted by molar-refractivity contribution is 9.10. The van der Waals surface area contributed by atoms with Crippen LogP contribution < -0.4 is 0 Å². The summed E-state index contributed by atoms with van der Waals surface area (Å²) in [4.78, 5) is 28.5. The molecule has 0 aliphatic heterocycles. The van der Waals surface area contributed by atoms with Crippen molar-refractivity contribution in [3.8, 4) is 0 Å². The normalized spacial score (nSPS) is 19.2. The predicted octanol–water partition coefficient (Wildman–Crippen LogP) is 4.01. The van der Waals surface area contributed by atoms with Crippen molar-refractivity contribution in [3.05, 3.63) is 33.4 Å². The Hall–Kier alpha value is -1.82. The Bertz CT molecular complexity index is 839. The van der Waals surface area contributed by atoms with Crippen molar-refractivity contribution in [2.24, 2.45) is 5.41 Å². The number of fused-ring (bicyclic) bond motifs is 3. The number of aryl methyl sites for hydroxylation is 1. The molecule has 1 atom stereocenters. The van der Waals surface area contributed by atoms with Gasteiger partial charge in [0.05, 0.1) is 19.7 Å². The zero-order valence-corrected chi connectivity index (χ0v) is 16.5. The van der Waals surface area contributed by atoms with E-state index in [1.165, 1.54) is 19.8 Å². The molecule has 0 saturated heterocycles. The second-order valence-electron chi connectivity index (χ2n) is 6.87. The number of benzene rings is 1. The largest absolute Gasteiger partial charge is 0.468 e. The molecule has 1 heterocycles. The van der Waals surface area contributed by atoms with Gasteiger partial charge in [0.2, 0.25) is 0 Å². The van der Waals surface area contributed by atoms with Crippen molar-refractivity contribution in [1.29, 1.82) is 0 Å². The van der Waals surface area contributed by atoms with Gasteiger partial charge in [0, 0.05) is 22.0 Å². The average molecular weight is 408 g/mol. The molecule has 1 aromatic heterocycles. The molecule has 1 aromatic carbocycles. The van der Waals surface area contributed by atoms with Crippen molar-refractivity contribution < 1.29 is 19.1 Å². The van der Waals surface area contributed by atoms with Gasteiger partial charge in [-0.3, -0.25) is 9.59 Å². The molecule has 0 amide bonds. The van der Waals surface area contributed by atoms with Crippen LogP contribution in [0.5, 0.6) is 0 Å². The van der Waals surface area contributed by atoms with E-state index < -0.39 is 17.4 Å². The lowest BCUT2D eigenvalue weighted by Crippen LogP contribution is -2.43. The third-order valence-electron chi connectivity index (χ3n) is 5.25. The van der Waals surface area contributed by atoms with Gasteiger partial charge in [-0.25, -0.2) is 0 Å². The first-order chi connectivity index (χ1) is 11.8. The van der Waals surface area contributed by atoms with Crippen LogP contribution in [-0.4, -0.2) is 31.1 Å². The molecule has 25 heavy (non-hydrogen) atoms. The van der Waals surface area contributed by atoms with Gasteiger partial charge in [-0.1, -0.05) is 6.92 Å². The van der Waals surface area contributed by atoms with Crippen molar-refractivity contribution in [2.45, 2.75) is 39.0 Å². The molecule has 1 aliphatic rings. The Morgan fingerprint density at radius 1 is 1.24 bits per heavy atom. The summed E-state index contributed by atoms with van der Waals surface area (Å²) in [6.07, 6.45) is 1.37. The van der Waals surface area contributed by atoms with E-state index in [-0.39, 0.29) is 12.3 Å². The number of aromatic amines is 1. The van der Waals surface area contributed by atoms with Gasteiger partial charge >= 0.3 is 11.9 Å². The number of hydrogen-bond donors (Lipinski definition) is 1. The Kier molecular flexibility index (Phi) is 4.66. The molecule has 0 saturated carbocycles. The van der Waals surface area contributed by atoms with Gasteiger partial charge in [0.15, 0.2) is 5.41 Å². The molecule has 0 bridgehead atoms. The van der Waals surface area contributed by atoms with E-state index in [4.69, 9.17) is 9.47 Å². The third-order valence-corrected chi connectivity index (χ3v) is 5.88. The van der Waals surface area contributed by atoms with Gasteiger partial charge in [-0.2, -0.15) is 0 Å². The first kappa shape index (κ1) is 18.0. The van der Waals surface area contributed by atoms with Crippen LogP contribution in [0, 0.1) is 12.3 Å². The second-order valence-corrected chi connectivity index (χ2v) is 7.72. The average Bonchev–Trinajstić information content (AvgIpc) is 2.87. The van der Waals surface area contributed by atoms with Crippen LogP contribution in [0.15, 0.2) is 16.6 Å². The number of rotatable bonds is 2. The minimum absolute atomic E-state index is 0.216. The number of hydrogen-bond acceptors (Lipinski definition) is 4. The van der Waals surface area contributed by atoms with E-state index in [2.05, 4.69) is 46.9 Å². The number of methoxy groups -OCH3 is 2. The van der Waals surface area contributed by atoms with E-state index in [1.54, 1.807) is 0 Å². The summed E-state index contributed by atoms with van der Waals surface area (Å²) >= 11 is 3.61. The summed E-state index contributed by atoms with van der Waals surface area (Å²) in [5.74, 6) is -0.852. The van der Waals surface area contributed by atoms with Crippen LogP contribution in [0.1, 0.15) is 42.5 Å². The van der Waals surface area contributed by atoms with Gasteiger partial charge < -0.3 is 14.5 Å². The zero-order valence-electron chi connectivity index (χ0n) is 14.9. The summed E-state index contributed by atoms with van der Waals surface area (Å²) < 4.78 is 10.9. The van der Waals surface area contributed by atoms with Crippen LogP contribution in [0.4, 0.5) is 0 Å². The molecule has 2 aromatic rings. The summed E-state index contributed by atoms with van der Waals surface area (Å²) in [6, 6.07) is 4.20. The molecule has 5 nitrogen and oxygen atoms in total. The lowest BCUT2D eigenvalue weighted by Gasteiger charge is -2.26. The van der Waals surface area contributed by atoms with E-state index in [0.29, 0.717) is 12.8 Å². The maximum Gasteiger partial charge on any atom is 0.323 e. The molecular weight excluding hydrogens is 386 g/mol. The quantitative estimate of drug-likeness (QED) is 0.463. The first-order valence-electron chi connectivity index (χ1n) is 8.31. The lowest BCUT2D eigenvalue weighted by molar-refractivity contribution is -0.169. The summed E-state index contributed by atoms with van der Waals surface area (Å²) in [6.45, 7) is 4.19. The maximum absolute atomic E-state index is 12.5. The van der Waals surface area contributed by atoms with Crippen LogP contribution in [0.3, 0.4) is 0 Å². The highest BCUT2D eigenvalue weighted by Crippen LogP contribution is 2.44. The molecular formula is C19H22BrNO4. The SMILES string of the molecule is COC(=O)C1(C(=O)OC)CCC(C)c2c([nH]c3c(Br)cc(C)cc23)C1. The molecule has 0 fully saturated rings. The zero-order chi connectivity index (χ0) is 18.4. The fourth-order valence-electron chi connectivity index (χ4n) is 3.98. The standard InChI is InChI=1S/C19H22BrNO4/c1-10-7-12-15-11(2)5-6-19(17(22)24-3,18(23)25-4)9-14(15)21-16(12)13(20)8-10/h7-8,11,21H,5-6,9H2,1-4H3. The number of aromatic nitrogens is 1. The molecule has 1 N–H and O–H groups in total. The number of nitrogens with one attached hydrogen (secondary N) is 1. The summed E-state index contributed by atoms with van der Waals surface area (Å²) in [5, 5.41) is 1.14. The summed E-state index contributed by atoms with van der Waals surface area (Å²) in [5.41, 5.74) is 2.93. The minimum atomic E-state index is -1.30. The van der Waals surface area contributed by atoms with Crippen molar-refractivity contribution in [3.63, 3.8) is 0 Å². The number of halogens is 1. The maximum atomic E-state index is 12.5. The lowest BCUT2D eigenvalue weighted by atomic mass is 9.79. The van der Waals surface area contributed by atoms with Crippen molar-refractivity contribution in [1.82, 2.24) is 4.98 Å². The molecule has 1 aliphatic carbocycles. The smallest absolute Gasteiger partial charge is 0.323 e. The highest BCUT2D eigenvalue weighted by atomic mass is 79.9. The number of carbonyl (C=O) groups excluding carboxylic acids is 2. The van der Waals surface area contributed by atoms with Gasteiger partial charge in [-0.15, -0.1) is 0 Å². The van der Waals surface area contributed by atoms with E-state index in [9.17, 15) is 9.59 Å². The minimum Gasteiger partial charge on any atom is -0.468 e. The number of carbonyl (C=O) groups is 2. The van der Waals surface area contributed by atoms with Crippen LogP contribution in [0.25, 0.3) is 10.9 Å². The molecule has 6 heteroatoms. The first-order valence-corrected chi connectivity index (χ1v) is 9.10. The van der Waals surface area contributed by atoms with E-state index in [0.717, 1.165) is 26.6 Å². The molecule has 0 spiro atoms. The Labute approximate surface area is 155 Å². The Morgan fingerprint density at radius 2 is 1.88 bits per heavy atom. The number of ether oxygens (including phenoxy) is 2. The Balaban J connectivity index is 2.23. The molecule has 1 unspecified atom stereocenters. The molecule has 0 radical (unpaired) electrons. The van der Waals surface area contributed by atoms with Gasteiger partial charge in [-0.05, 0) is 64.9 Å². The van der Waals surface area contributed by atoms with Crippen LogP contribution >= 0.6 is 15.9 Å². The fraction of sp³-hybridized carbons (Fsp3) is 0.474. The molecule has 134 valence electrons. The predicted molar refractivity (Wildman–Crippen MR) is 98.6 cm³/mol. The monoisotopic (exact) mass is 407 g/mol. The number of H-pyrrole nitrogens is 1. The van der Waals surface area contributed by atoms with E-state index in [1.807, 2.05) is 0 Å². The second kappa shape index (κ2) is 6.48. The van der Waals surface area contributed by atoms with Crippen LogP contribution in [-0.2, 0) is 25.5 Å². The van der Waals surface area contributed by atoms with Crippen molar-refractivity contribution >= 4 is 38.8 Å². The van der Waals surface area contributed by atoms with Crippen LogP contribution in [0.2, 0.25) is 0 Å². The molecule has 3 rings (SSSR count). The Morgan fingerprint density at radius 3 is 2.48 bits per heavy atom. The van der Waals surface area contributed by atoms with Crippen molar-refractivity contribution in [2.75, 3.05) is 14.2 Å². The highest BCUT2D eigenvalue weighted by Gasteiger charge is 2.50. The third kappa shape index (κ3) is 2.76. The summed E-state index contributed by atoms with van der Waals surface area (Å²) in [7, 11) is 2.63. The van der Waals surface area contributed by atoms with Gasteiger partial charge in [0.25, 0.3) is 0 Å². The fourth-order valence-corrected chi connectivity index (χ4v) is 4.66. The van der Waals surface area contributed by atoms with Gasteiger partial charge in [0.1, 0.15) is 0 Å². The number of esters is 2. The topological polar surface area (TPSA) is 68.4 Å².